The van der Waals surface area contributed by atoms with Gasteiger partial charge in [0.25, 0.3) is 5.69 Å². The number of hydrogen-bond acceptors (Lipinski definition) is 6. The number of methoxy groups -OCH3 is 1. The maximum Gasteiger partial charge on any atom is 0.325 e. The van der Waals surface area contributed by atoms with E-state index in [0.717, 1.165) is 7.11 Å². The van der Waals surface area contributed by atoms with Crippen LogP contribution in [0.15, 0.2) is 22.7 Å². The summed E-state index contributed by atoms with van der Waals surface area (Å²) in [4.78, 5) is 34.3. The van der Waals surface area contributed by atoms with Gasteiger partial charge in [-0.05, 0) is 48.3 Å². The lowest BCUT2D eigenvalue weighted by molar-refractivity contribution is -0.385. The molecule has 0 aliphatic carbocycles. The number of carbonyl (C=O) groups is 2. The molecule has 1 aromatic carbocycles. The fourth-order valence-corrected chi connectivity index (χ4v) is 2.24. The predicted octanol–water partition coefficient (Wildman–Crippen LogP) is 2.96. The summed E-state index contributed by atoms with van der Waals surface area (Å²) in [6, 6.07) is 3.87. The Labute approximate surface area is 135 Å². The molecule has 0 spiro atoms. The van der Waals surface area contributed by atoms with Gasteiger partial charge in [-0.1, -0.05) is 6.07 Å². The SMILES string of the molecule is COC(=O)C(C(=O)OC(C)(C)C)c1ccc([N+](=O)[O-])c(Br)c1. The average molecular weight is 374 g/mol. The van der Waals surface area contributed by atoms with E-state index in [1.165, 1.54) is 18.2 Å². The van der Waals surface area contributed by atoms with E-state index in [-0.39, 0.29) is 15.7 Å². The maximum absolute atomic E-state index is 12.2. The third kappa shape index (κ3) is 4.52. The van der Waals surface area contributed by atoms with Crippen molar-refractivity contribution in [2.75, 3.05) is 7.11 Å². The third-order valence-electron chi connectivity index (χ3n) is 2.58. The standard InChI is InChI=1S/C14H16BrNO6/c1-14(2,3)22-13(18)11(12(17)21-4)8-5-6-10(16(19)20)9(15)7-8/h5-7,11H,1-4H3. The summed E-state index contributed by atoms with van der Waals surface area (Å²) in [6.07, 6.45) is 0. The average Bonchev–Trinajstić information content (AvgIpc) is 2.36. The number of benzene rings is 1. The Morgan fingerprint density at radius 2 is 1.86 bits per heavy atom. The van der Waals surface area contributed by atoms with Crippen LogP contribution in [0, 0.1) is 10.1 Å². The van der Waals surface area contributed by atoms with Gasteiger partial charge in [-0.25, -0.2) is 0 Å². The van der Waals surface area contributed by atoms with E-state index < -0.39 is 28.4 Å². The van der Waals surface area contributed by atoms with Crippen LogP contribution in [0.2, 0.25) is 0 Å². The van der Waals surface area contributed by atoms with Crippen LogP contribution in [-0.4, -0.2) is 29.6 Å². The van der Waals surface area contributed by atoms with Crippen LogP contribution in [-0.2, 0) is 19.1 Å². The molecule has 0 saturated carbocycles. The highest BCUT2D eigenvalue weighted by Crippen LogP contribution is 2.30. The van der Waals surface area contributed by atoms with Gasteiger partial charge in [-0.2, -0.15) is 0 Å². The van der Waals surface area contributed by atoms with Crippen molar-refractivity contribution < 1.29 is 24.0 Å². The summed E-state index contributed by atoms with van der Waals surface area (Å²) < 4.78 is 10.00. The molecule has 0 bridgehead atoms. The zero-order valence-corrected chi connectivity index (χ0v) is 14.2. The van der Waals surface area contributed by atoms with E-state index in [9.17, 15) is 19.7 Å². The monoisotopic (exact) mass is 373 g/mol. The highest BCUT2D eigenvalue weighted by atomic mass is 79.9. The van der Waals surface area contributed by atoms with Gasteiger partial charge in [0.1, 0.15) is 5.60 Å². The van der Waals surface area contributed by atoms with Crippen molar-refractivity contribution >= 4 is 33.6 Å². The van der Waals surface area contributed by atoms with Crippen molar-refractivity contribution in [2.45, 2.75) is 32.3 Å². The largest absolute Gasteiger partial charge is 0.468 e. The lowest BCUT2D eigenvalue weighted by Crippen LogP contribution is -2.32. The molecule has 0 amide bonds. The lowest BCUT2D eigenvalue weighted by Gasteiger charge is -2.23. The van der Waals surface area contributed by atoms with Crippen LogP contribution >= 0.6 is 15.9 Å². The van der Waals surface area contributed by atoms with Gasteiger partial charge >= 0.3 is 11.9 Å². The second-order valence-electron chi connectivity index (χ2n) is 5.46. The minimum absolute atomic E-state index is 0.160. The van der Waals surface area contributed by atoms with Crippen molar-refractivity contribution in [3.05, 3.63) is 38.3 Å². The molecule has 0 fully saturated rings. The molecule has 120 valence electrons. The van der Waals surface area contributed by atoms with Gasteiger partial charge in [0.15, 0.2) is 5.92 Å². The van der Waals surface area contributed by atoms with Crippen molar-refractivity contribution in [1.29, 1.82) is 0 Å². The summed E-state index contributed by atoms with van der Waals surface area (Å²) >= 11 is 3.05. The molecular weight excluding hydrogens is 358 g/mol. The predicted molar refractivity (Wildman–Crippen MR) is 81.4 cm³/mol. The maximum atomic E-state index is 12.2. The number of esters is 2. The summed E-state index contributed by atoms with van der Waals surface area (Å²) in [5, 5.41) is 10.8. The first-order valence-corrected chi connectivity index (χ1v) is 7.10. The van der Waals surface area contributed by atoms with Crippen LogP contribution in [0.5, 0.6) is 0 Å². The second kappa shape index (κ2) is 6.87. The molecule has 22 heavy (non-hydrogen) atoms. The molecule has 1 aromatic rings. The Kier molecular flexibility index (Phi) is 5.65. The summed E-state index contributed by atoms with van der Waals surface area (Å²) in [5.41, 5.74) is -0.698. The lowest BCUT2D eigenvalue weighted by atomic mass is 9.98. The van der Waals surface area contributed by atoms with Gasteiger partial charge in [-0.15, -0.1) is 0 Å². The number of halogens is 1. The van der Waals surface area contributed by atoms with Gasteiger partial charge in [0, 0.05) is 6.07 Å². The molecule has 0 aliphatic heterocycles. The molecule has 1 atom stereocenters. The summed E-state index contributed by atoms with van der Waals surface area (Å²) in [5.74, 6) is -2.88. The molecule has 0 N–H and O–H groups in total. The Balaban J connectivity index is 3.23. The van der Waals surface area contributed by atoms with Crippen molar-refractivity contribution in [3.8, 4) is 0 Å². The number of carbonyl (C=O) groups excluding carboxylic acids is 2. The minimum Gasteiger partial charge on any atom is -0.468 e. The fraction of sp³-hybridized carbons (Fsp3) is 0.429. The molecule has 0 saturated heterocycles. The number of rotatable bonds is 4. The molecule has 1 unspecified atom stereocenters. The second-order valence-corrected chi connectivity index (χ2v) is 6.31. The van der Waals surface area contributed by atoms with E-state index >= 15 is 0 Å². The quantitative estimate of drug-likeness (QED) is 0.348. The first-order valence-electron chi connectivity index (χ1n) is 6.31. The van der Waals surface area contributed by atoms with Crippen LogP contribution in [0.3, 0.4) is 0 Å². The van der Waals surface area contributed by atoms with Crippen LogP contribution in [0.1, 0.15) is 32.3 Å². The minimum atomic E-state index is -1.30. The van der Waals surface area contributed by atoms with Crippen LogP contribution in [0.25, 0.3) is 0 Å². The first-order chi connectivity index (χ1) is 10.1. The topological polar surface area (TPSA) is 95.7 Å². The van der Waals surface area contributed by atoms with E-state index in [2.05, 4.69) is 20.7 Å². The number of nitro benzene ring substituents is 1. The van der Waals surface area contributed by atoms with Crippen LogP contribution < -0.4 is 0 Å². The molecule has 0 aliphatic rings. The number of nitrogens with zero attached hydrogens (tertiary/aromatic N) is 1. The first kappa shape index (κ1) is 18.1. The molecular formula is C14H16BrNO6. The molecule has 1 rings (SSSR count). The molecule has 0 heterocycles. The zero-order valence-electron chi connectivity index (χ0n) is 12.6. The number of nitro groups is 1. The summed E-state index contributed by atoms with van der Waals surface area (Å²) in [6.45, 7) is 5.01. The van der Waals surface area contributed by atoms with Crippen molar-refractivity contribution in [3.63, 3.8) is 0 Å². The Hall–Kier alpha value is -1.96. The van der Waals surface area contributed by atoms with E-state index in [1.807, 2.05) is 0 Å². The van der Waals surface area contributed by atoms with Gasteiger partial charge < -0.3 is 9.47 Å². The molecule has 7 nitrogen and oxygen atoms in total. The van der Waals surface area contributed by atoms with E-state index in [4.69, 9.17) is 4.74 Å². The fourth-order valence-electron chi connectivity index (χ4n) is 1.70. The third-order valence-corrected chi connectivity index (χ3v) is 3.22. The zero-order chi connectivity index (χ0) is 17.1. The summed E-state index contributed by atoms with van der Waals surface area (Å²) in [7, 11) is 1.15. The van der Waals surface area contributed by atoms with Gasteiger partial charge in [0.2, 0.25) is 0 Å². The van der Waals surface area contributed by atoms with Crippen molar-refractivity contribution in [2.24, 2.45) is 0 Å². The van der Waals surface area contributed by atoms with Crippen LogP contribution in [0.4, 0.5) is 5.69 Å². The Morgan fingerprint density at radius 1 is 1.27 bits per heavy atom. The number of hydrogen-bond donors (Lipinski definition) is 0. The Morgan fingerprint density at radius 3 is 2.27 bits per heavy atom. The van der Waals surface area contributed by atoms with E-state index in [0.29, 0.717) is 0 Å². The van der Waals surface area contributed by atoms with Gasteiger partial charge in [-0.3, -0.25) is 19.7 Å². The smallest absolute Gasteiger partial charge is 0.325 e. The molecule has 0 radical (unpaired) electrons. The normalized spacial score (nSPS) is 12.4. The molecule has 8 heteroatoms. The molecule has 0 aromatic heterocycles. The number of ether oxygens (including phenoxy) is 2. The van der Waals surface area contributed by atoms with E-state index in [1.54, 1.807) is 20.8 Å². The highest BCUT2D eigenvalue weighted by molar-refractivity contribution is 9.10. The van der Waals surface area contributed by atoms with Gasteiger partial charge in [0.05, 0.1) is 16.5 Å². The highest BCUT2D eigenvalue weighted by Gasteiger charge is 2.34. The Bertz CT molecular complexity index is 608. The van der Waals surface area contributed by atoms with Crippen molar-refractivity contribution in [1.82, 2.24) is 0 Å².